The second-order valence-corrected chi connectivity index (χ2v) is 3.77. The molecule has 0 radical (unpaired) electrons. The molecule has 1 aromatic heterocycles. The molecule has 0 aliphatic rings. The zero-order valence-corrected chi connectivity index (χ0v) is 9.06. The third kappa shape index (κ3) is 2.27. The second-order valence-electron chi connectivity index (χ2n) is 3.77. The van der Waals surface area contributed by atoms with Crippen molar-refractivity contribution in [2.24, 2.45) is 0 Å². The van der Waals surface area contributed by atoms with Crippen molar-refractivity contribution in [1.29, 1.82) is 0 Å². The van der Waals surface area contributed by atoms with Gasteiger partial charge in [0.2, 0.25) is 6.33 Å². The fourth-order valence-corrected chi connectivity index (χ4v) is 1.93. The molecule has 1 aromatic carbocycles. The van der Waals surface area contributed by atoms with Crippen LogP contribution in [0.25, 0.3) is 0 Å². The fourth-order valence-electron chi connectivity index (χ4n) is 1.93. The monoisotopic (exact) mass is 201 g/mol. The lowest BCUT2D eigenvalue weighted by molar-refractivity contribution is -0.713. The first kappa shape index (κ1) is 9.97. The first-order valence-corrected chi connectivity index (χ1v) is 5.50. The van der Waals surface area contributed by atoms with E-state index >= 15 is 0 Å². The lowest BCUT2D eigenvalue weighted by Gasteiger charge is -2.12. The van der Waals surface area contributed by atoms with Crippen LogP contribution in [0, 0.1) is 0 Å². The van der Waals surface area contributed by atoms with Crippen LogP contribution in [0.4, 0.5) is 0 Å². The second kappa shape index (κ2) is 4.78. The van der Waals surface area contributed by atoms with E-state index in [1.807, 2.05) is 12.5 Å². The molecule has 0 bridgehead atoms. The minimum absolute atomic E-state index is 0.461. The number of aromatic amines is 1. The zero-order valence-electron chi connectivity index (χ0n) is 9.06. The standard InChI is InChI=1S/C13H16N2/c1-2-6-13(15-10-9-14-11-15)12-7-4-3-5-8-12/h3-5,7-11,13H,2,6H2,1H3/p+1. The molecule has 0 aliphatic carbocycles. The molecule has 2 rings (SSSR count). The highest BCUT2D eigenvalue weighted by atomic mass is 15.0. The number of nitrogens with zero attached hydrogens (tertiary/aromatic N) is 1. The average molecular weight is 201 g/mol. The highest BCUT2D eigenvalue weighted by molar-refractivity contribution is 5.17. The van der Waals surface area contributed by atoms with E-state index in [0.717, 1.165) is 0 Å². The Balaban J connectivity index is 2.28. The SMILES string of the molecule is CCCC(c1ccccc1)[n+]1cc[nH]c1. The smallest absolute Gasteiger partial charge is 0.242 e. The molecule has 2 aromatic rings. The number of nitrogens with one attached hydrogen (secondary N) is 1. The Labute approximate surface area is 90.6 Å². The van der Waals surface area contributed by atoms with Gasteiger partial charge in [0.25, 0.3) is 0 Å². The Bertz CT molecular complexity index is 378. The summed E-state index contributed by atoms with van der Waals surface area (Å²) >= 11 is 0. The number of H-pyrrole nitrogens is 1. The Morgan fingerprint density at radius 2 is 2.07 bits per heavy atom. The summed E-state index contributed by atoms with van der Waals surface area (Å²) in [6, 6.07) is 11.1. The third-order valence-electron chi connectivity index (χ3n) is 2.67. The van der Waals surface area contributed by atoms with Gasteiger partial charge in [-0.1, -0.05) is 43.7 Å². The molecule has 0 fully saturated rings. The highest BCUT2D eigenvalue weighted by Crippen LogP contribution is 2.17. The Morgan fingerprint density at radius 3 is 2.67 bits per heavy atom. The highest BCUT2D eigenvalue weighted by Gasteiger charge is 2.15. The fraction of sp³-hybridized carbons (Fsp3) is 0.308. The summed E-state index contributed by atoms with van der Waals surface area (Å²) in [5, 5.41) is 0. The molecule has 78 valence electrons. The van der Waals surface area contributed by atoms with Crippen molar-refractivity contribution in [3.05, 3.63) is 54.6 Å². The van der Waals surface area contributed by atoms with Gasteiger partial charge in [-0.15, -0.1) is 0 Å². The summed E-state index contributed by atoms with van der Waals surface area (Å²) in [4.78, 5) is 3.10. The number of benzene rings is 1. The molecule has 0 aliphatic heterocycles. The molecule has 0 saturated heterocycles. The Hall–Kier alpha value is -1.57. The molecule has 2 heteroatoms. The topological polar surface area (TPSA) is 19.7 Å². The summed E-state index contributed by atoms with van der Waals surface area (Å²) in [5.41, 5.74) is 1.38. The molecule has 1 heterocycles. The van der Waals surface area contributed by atoms with Crippen molar-refractivity contribution in [3.8, 4) is 0 Å². The van der Waals surface area contributed by atoms with Crippen LogP contribution < -0.4 is 4.57 Å². The molecule has 2 nitrogen and oxygen atoms in total. The molecular weight excluding hydrogens is 184 g/mol. The number of hydrogen-bond acceptors (Lipinski definition) is 0. The van der Waals surface area contributed by atoms with Crippen LogP contribution in [-0.4, -0.2) is 4.98 Å². The number of aromatic nitrogens is 2. The molecule has 0 spiro atoms. The summed E-state index contributed by atoms with van der Waals surface area (Å²) in [5.74, 6) is 0. The summed E-state index contributed by atoms with van der Waals surface area (Å²) in [6.07, 6.45) is 8.44. The van der Waals surface area contributed by atoms with Gasteiger partial charge in [0.15, 0.2) is 0 Å². The average Bonchev–Trinajstić information content (AvgIpc) is 2.80. The van der Waals surface area contributed by atoms with E-state index in [1.54, 1.807) is 0 Å². The van der Waals surface area contributed by atoms with Crippen LogP contribution in [0.3, 0.4) is 0 Å². The predicted molar refractivity (Wildman–Crippen MR) is 60.5 cm³/mol. The Kier molecular flexibility index (Phi) is 3.18. The van der Waals surface area contributed by atoms with E-state index < -0.39 is 0 Å². The lowest BCUT2D eigenvalue weighted by atomic mass is 10.0. The van der Waals surface area contributed by atoms with E-state index in [0.29, 0.717) is 6.04 Å². The molecule has 15 heavy (non-hydrogen) atoms. The van der Waals surface area contributed by atoms with Gasteiger partial charge in [-0.3, -0.25) is 4.98 Å². The van der Waals surface area contributed by atoms with Crippen molar-refractivity contribution < 1.29 is 4.57 Å². The predicted octanol–water partition coefficient (Wildman–Crippen LogP) is 2.69. The van der Waals surface area contributed by atoms with Gasteiger partial charge in [0.1, 0.15) is 18.4 Å². The summed E-state index contributed by atoms with van der Waals surface area (Å²) in [7, 11) is 0. The quantitative estimate of drug-likeness (QED) is 0.734. The van der Waals surface area contributed by atoms with Gasteiger partial charge in [-0.2, -0.15) is 0 Å². The van der Waals surface area contributed by atoms with E-state index in [-0.39, 0.29) is 0 Å². The zero-order chi connectivity index (χ0) is 10.5. The van der Waals surface area contributed by atoms with E-state index in [2.05, 4.69) is 53.0 Å². The molecular formula is C13H17N2+. The van der Waals surface area contributed by atoms with Crippen LogP contribution in [0.2, 0.25) is 0 Å². The van der Waals surface area contributed by atoms with E-state index in [9.17, 15) is 0 Å². The van der Waals surface area contributed by atoms with Crippen LogP contribution in [0.15, 0.2) is 49.1 Å². The van der Waals surface area contributed by atoms with E-state index in [1.165, 1.54) is 18.4 Å². The van der Waals surface area contributed by atoms with Gasteiger partial charge in [-0.05, 0) is 12.0 Å². The lowest BCUT2D eigenvalue weighted by Crippen LogP contribution is -2.37. The molecule has 0 amide bonds. The number of hydrogen-bond donors (Lipinski definition) is 1. The summed E-state index contributed by atoms with van der Waals surface area (Å²) < 4.78 is 2.23. The van der Waals surface area contributed by atoms with Gasteiger partial charge in [-0.25, -0.2) is 4.57 Å². The minimum atomic E-state index is 0.461. The maximum Gasteiger partial charge on any atom is 0.242 e. The Morgan fingerprint density at radius 1 is 1.27 bits per heavy atom. The largest absolute Gasteiger partial charge is 0.250 e. The van der Waals surface area contributed by atoms with Crippen molar-refractivity contribution >= 4 is 0 Å². The maximum atomic E-state index is 3.10. The van der Waals surface area contributed by atoms with Crippen molar-refractivity contribution in [2.75, 3.05) is 0 Å². The van der Waals surface area contributed by atoms with Crippen LogP contribution in [-0.2, 0) is 0 Å². The number of rotatable bonds is 4. The molecule has 1 atom stereocenters. The van der Waals surface area contributed by atoms with Crippen LogP contribution in [0.1, 0.15) is 31.4 Å². The maximum absolute atomic E-state index is 3.10. The summed E-state index contributed by atoms with van der Waals surface area (Å²) in [6.45, 7) is 2.23. The van der Waals surface area contributed by atoms with Gasteiger partial charge < -0.3 is 0 Å². The van der Waals surface area contributed by atoms with Gasteiger partial charge >= 0.3 is 0 Å². The van der Waals surface area contributed by atoms with Crippen LogP contribution in [0.5, 0.6) is 0 Å². The van der Waals surface area contributed by atoms with Gasteiger partial charge in [0, 0.05) is 0 Å². The first-order valence-electron chi connectivity index (χ1n) is 5.50. The van der Waals surface area contributed by atoms with Crippen molar-refractivity contribution in [2.45, 2.75) is 25.8 Å². The third-order valence-corrected chi connectivity index (χ3v) is 2.67. The first-order chi connectivity index (χ1) is 7.42. The molecule has 0 saturated carbocycles. The minimum Gasteiger partial charge on any atom is -0.250 e. The normalized spacial score (nSPS) is 12.6. The molecule has 1 N–H and O–H groups in total. The number of imidazole rings is 1. The van der Waals surface area contributed by atoms with Crippen molar-refractivity contribution in [1.82, 2.24) is 4.98 Å². The van der Waals surface area contributed by atoms with E-state index in [4.69, 9.17) is 0 Å². The molecule has 1 unspecified atom stereocenters. The van der Waals surface area contributed by atoms with Crippen molar-refractivity contribution in [3.63, 3.8) is 0 Å². The van der Waals surface area contributed by atoms with Gasteiger partial charge in [0.05, 0.1) is 0 Å². The van der Waals surface area contributed by atoms with Crippen LogP contribution >= 0.6 is 0 Å².